The van der Waals surface area contributed by atoms with Crippen LogP contribution in [0.25, 0.3) is 11.5 Å². The number of amides is 1. The van der Waals surface area contributed by atoms with E-state index in [2.05, 4.69) is 31.4 Å². The molecule has 0 spiro atoms. The highest BCUT2D eigenvalue weighted by molar-refractivity contribution is 9.10. The molecule has 0 fully saturated rings. The lowest BCUT2D eigenvalue weighted by Crippen LogP contribution is -2.39. The number of para-hydroxylation sites is 1. The van der Waals surface area contributed by atoms with E-state index in [1.54, 1.807) is 0 Å². The lowest BCUT2D eigenvalue weighted by molar-refractivity contribution is -0.127. The van der Waals surface area contributed by atoms with Gasteiger partial charge >= 0.3 is 0 Å². The second-order valence-electron chi connectivity index (χ2n) is 6.76. The predicted molar refractivity (Wildman–Crippen MR) is 108 cm³/mol. The van der Waals surface area contributed by atoms with E-state index in [-0.39, 0.29) is 17.9 Å². The summed E-state index contributed by atoms with van der Waals surface area (Å²) in [6, 6.07) is 15.2. The highest BCUT2D eigenvalue weighted by atomic mass is 79.9. The van der Waals surface area contributed by atoms with E-state index in [9.17, 15) is 4.79 Å². The third-order valence-corrected chi connectivity index (χ3v) is 5.29. The third-order valence-electron chi connectivity index (χ3n) is 4.80. The number of ether oxygens (including phenoxy) is 1. The molecule has 0 radical (unpaired) electrons. The quantitative estimate of drug-likeness (QED) is 0.637. The maximum absolute atomic E-state index is 12.8. The molecule has 1 aromatic heterocycles. The van der Waals surface area contributed by atoms with Gasteiger partial charge in [0, 0.05) is 10.0 Å². The number of aromatic nitrogens is 2. The first-order chi connectivity index (χ1) is 13.6. The highest BCUT2D eigenvalue weighted by Crippen LogP contribution is 2.28. The number of halogens is 1. The van der Waals surface area contributed by atoms with Gasteiger partial charge < -0.3 is 14.6 Å². The molecule has 6 nitrogen and oxygen atoms in total. The predicted octanol–water partition coefficient (Wildman–Crippen LogP) is 4.32. The van der Waals surface area contributed by atoms with Crippen molar-refractivity contribution < 1.29 is 14.1 Å². The Kier molecular flexibility index (Phi) is 5.43. The number of hydrogen-bond acceptors (Lipinski definition) is 5. The van der Waals surface area contributed by atoms with Crippen molar-refractivity contribution in [1.29, 1.82) is 0 Å². The minimum Gasteiger partial charge on any atom is -0.492 e. The fourth-order valence-electron chi connectivity index (χ4n) is 3.25. The largest absolute Gasteiger partial charge is 0.492 e. The van der Waals surface area contributed by atoms with E-state index in [0.29, 0.717) is 31.2 Å². The van der Waals surface area contributed by atoms with Crippen molar-refractivity contribution in [3.05, 3.63) is 64.4 Å². The maximum Gasteiger partial charge on any atom is 0.258 e. The van der Waals surface area contributed by atoms with Gasteiger partial charge in [0.15, 0.2) is 5.82 Å². The molecule has 28 heavy (non-hydrogen) atoms. The Balaban J connectivity index is 1.46. The van der Waals surface area contributed by atoms with Gasteiger partial charge in [-0.3, -0.25) is 4.79 Å². The molecule has 0 unspecified atom stereocenters. The number of carbonyl (C=O) groups is 1. The third kappa shape index (κ3) is 3.94. The molecule has 1 aliphatic rings. The van der Waals surface area contributed by atoms with Crippen molar-refractivity contribution in [2.45, 2.75) is 25.8 Å². The Morgan fingerprint density at radius 2 is 2.14 bits per heavy atom. The number of benzene rings is 2. The molecule has 3 aromatic rings. The molecule has 2 heterocycles. The molecule has 7 heteroatoms. The van der Waals surface area contributed by atoms with Crippen molar-refractivity contribution in [3.63, 3.8) is 0 Å². The highest BCUT2D eigenvalue weighted by Gasteiger charge is 2.28. The van der Waals surface area contributed by atoms with Gasteiger partial charge in [-0.1, -0.05) is 52.3 Å². The van der Waals surface area contributed by atoms with Crippen molar-refractivity contribution in [2.24, 2.45) is 5.92 Å². The molecular formula is C21H20BrN3O3. The van der Waals surface area contributed by atoms with Gasteiger partial charge in [0.05, 0.1) is 12.0 Å². The van der Waals surface area contributed by atoms with E-state index in [1.807, 2.05) is 55.5 Å². The monoisotopic (exact) mass is 441 g/mol. The minimum atomic E-state index is -0.311. The van der Waals surface area contributed by atoms with Crippen LogP contribution >= 0.6 is 15.9 Å². The summed E-state index contributed by atoms with van der Waals surface area (Å²) in [6.45, 7) is 2.35. The van der Waals surface area contributed by atoms with Crippen molar-refractivity contribution >= 4 is 21.8 Å². The van der Waals surface area contributed by atoms with Gasteiger partial charge in [-0.15, -0.1) is 0 Å². The number of nitrogens with one attached hydrogen (secondary N) is 1. The first kappa shape index (κ1) is 18.7. The molecule has 0 saturated carbocycles. The van der Waals surface area contributed by atoms with Crippen LogP contribution in [0.5, 0.6) is 5.75 Å². The standard InChI is InChI=1S/C21H20BrN3O3/c1-2-17(19-24-21(28-25-19)14-7-5-8-16(22)11-14)23-20(26)15-10-13-6-3-4-9-18(13)27-12-15/h3-9,11,15,17H,2,10,12H2,1H3,(H,23,26)/t15-,17+/m1/s1. The number of nitrogens with zero attached hydrogens (tertiary/aromatic N) is 2. The first-order valence-corrected chi connectivity index (χ1v) is 10.0. The molecule has 0 saturated heterocycles. The normalized spacial score (nSPS) is 16.7. The fraction of sp³-hybridized carbons (Fsp3) is 0.286. The molecule has 0 aliphatic carbocycles. The zero-order valence-corrected chi connectivity index (χ0v) is 17.0. The number of hydrogen-bond donors (Lipinski definition) is 1. The van der Waals surface area contributed by atoms with Crippen LogP contribution in [-0.4, -0.2) is 22.7 Å². The van der Waals surface area contributed by atoms with E-state index in [4.69, 9.17) is 9.26 Å². The molecule has 1 amide bonds. The number of fused-ring (bicyclic) bond motifs is 1. The molecule has 144 valence electrons. The summed E-state index contributed by atoms with van der Waals surface area (Å²) >= 11 is 3.44. The summed E-state index contributed by atoms with van der Waals surface area (Å²) in [4.78, 5) is 17.3. The molecule has 1 N–H and O–H groups in total. The lowest BCUT2D eigenvalue weighted by Gasteiger charge is -2.25. The van der Waals surface area contributed by atoms with E-state index < -0.39 is 0 Å². The molecule has 1 aliphatic heterocycles. The summed E-state index contributed by atoms with van der Waals surface area (Å²) in [5.74, 6) is 1.47. The Morgan fingerprint density at radius 1 is 1.29 bits per heavy atom. The molecule has 2 atom stereocenters. The zero-order valence-electron chi connectivity index (χ0n) is 15.4. The summed E-state index contributed by atoms with van der Waals surface area (Å²) in [5, 5.41) is 7.13. The lowest BCUT2D eigenvalue weighted by atomic mass is 9.95. The molecule has 4 rings (SSSR count). The second kappa shape index (κ2) is 8.14. The SMILES string of the molecule is CC[C@H](NC(=O)[C@H]1COc2ccccc2C1)c1noc(-c2cccc(Br)c2)n1. The first-order valence-electron chi connectivity index (χ1n) is 9.24. The van der Waals surface area contributed by atoms with Gasteiger partial charge in [-0.25, -0.2) is 0 Å². The van der Waals surface area contributed by atoms with E-state index in [0.717, 1.165) is 21.3 Å². The summed E-state index contributed by atoms with van der Waals surface area (Å²) < 4.78 is 12.1. The van der Waals surface area contributed by atoms with Crippen LogP contribution in [0.15, 0.2) is 57.5 Å². The van der Waals surface area contributed by atoms with Crippen LogP contribution in [0.1, 0.15) is 30.8 Å². The maximum atomic E-state index is 12.8. The van der Waals surface area contributed by atoms with E-state index >= 15 is 0 Å². The zero-order chi connectivity index (χ0) is 19.5. The molecular weight excluding hydrogens is 422 g/mol. The van der Waals surface area contributed by atoms with Gasteiger partial charge in [0.25, 0.3) is 5.89 Å². The topological polar surface area (TPSA) is 77.2 Å². The second-order valence-corrected chi connectivity index (χ2v) is 7.67. The van der Waals surface area contributed by atoms with E-state index in [1.165, 1.54) is 0 Å². The van der Waals surface area contributed by atoms with Crippen LogP contribution in [0.3, 0.4) is 0 Å². The van der Waals surface area contributed by atoms with Crippen LogP contribution in [-0.2, 0) is 11.2 Å². The number of carbonyl (C=O) groups excluding carboxylic acids is 1. The van der Waals surface area contributed by atoms with Gasteiger partial charge in [0.1, 0.15) is 12.4 Å². The van der Waals surface area contributed by atoms with Crippen LogP contribution < -0.4 is 10.1 Å². The Morgan fingerprint density at radius 3 is 2.96 bits per heavy atom. The van der Waals surface area contributed by atoms with Crippen molar-refractivity contribution in [2.75, 3.05) is 6.61 Å². The summed E-state index contributed by atoms with van der Waals surface area (Å²) in [7, 11) is 0. The smallest absolute Gasteiger partial charge is 0.258 e. The Hall–Kier alpha value is -2.67. The fourth-order valence-corrected chi connectivity index (χ4v) is 3.65. The van der Waals surface area contributed by atoms with Crippen LogP contribution in [0.4, 0.5) is 0 Å². The molecule has 0 bridgehead atoms. The minimum absolute atomic E-state index is 0.0600. The van der Waals surface area contributed by atoms with Crippen molar-refractivity contribution in [3.8, 4) is 17.2 Å². The van der Waals surface area contributed by atoms with Crippen LogP contribution in [0, 0.1) is 5.92 Å². The van der Waals surface area contributed by atoms with Crippen LogP contribution in [0.2, 0.25) is 0 Å². The average Bonchev–Trinajstić information content (AvgIpc) is 3.21. The summed E-state index contributed by atoms with van der Waals surface area (Å²) in [6.07, 6.45) is 1.32. The Labute approximate surface area is 171 Å². The van der Waals surface area contributed by atoms with Gasteiger partial charge in [0.2, 0.25) is 5.91 Å². The summed E-state index contributed by atoms with van der Waals surface area (Å²) in [5.41, 5.74) is 1.88. The molecule has 2 aromatic carbocycles. The Bertz CT molecular complexity index is 988. The average molecular weight is 442 g/mol. The number of rotatable bonds is 5. The van der Waals surface area contributed by atoms with Gasteiger partial charge in [-0.05, 0) is 42.7 Å². The van der Waals surface area contributed by atoms with Crippen molar-refractivity contribution in [1.82, 2.24) is 15.5 Å². The van der Waals surface area contributed by atoms with Gasteiger partial charge in [-0.2, -0.15) is 4.98 Å².